The van der Waals surface area contributed by atoms with Crippen LogP contribution in [0.2, 0.25) is 0 Å². The number of para-hydroxylation sites is 1. The maximum Gasteiger partial charge on any atom is 0.264 e. The molecule has 0 saturated carbocycles. The lowest BCUT2D eigenvalue weighted by molar-refractivity contribution is 0.0992. The van der Waals surface area contributed by atoms with E-state index in [9.17, 15) is 4.79 Å². The minimum absolute atomic E-state index is 0.189. The Balaban J connectivity index is 2.01. The number of nitrogens with zero attached hydrogens (tertiary/aromatic N) is 2. The quantitative estimate of drug-likeness (QED) is 0.737. The fourth-order valence-corrected chi connectivity index (χ4v) is 2.14. The third kappa shape index (κ3) is 2.33. The molecule has 0 aliphatic carbocycles. The third-order valence-electron chi connectivity index (χ3n) is 3.28. The van der Waals surface area contributed by atoms with Gasteiger partial charge in [0.1, 0.15) is 11.3 Å². The molecule has 0 atom stereocenters. The molecule has 0 bridgehead atoms. The molecule has 5 nitrogen and oxygen atoms in total. The van der Waals surface area contributed by atoms with E-state index in [0.717, 1.165) is 5.69 Å². The predicted octanol–water partition coefficient (Wildman–Crippen LogP) is 3.52. The average Bonchev–Trinajstić information content (AvgIpc) is 3.16. The summed E-state index contributed by atoms with van der Waals surface area (Å²) in [4.78, 5) is 14.3. The maximum absolute atomic E-state index is 12.7. The van der Waals surface area contributed by atoms with Gasteiger partial charge in [0.15, 0.2) is 11.5 Å². The van der Waals surface area contributed by atoms with Gasteiger partial charge in [0.25, 0.3) is 5.91 Å². The fraction of sp³-hybridized carbons (Fsp3) is 0.125. The molecular formula is C16H14N2O3. The Hall–Kier alpha value is -2.82. The van der Waals surface area contributed by atoms with Crippen LogP contribution < -0.4 is 4.90 Å². The van der Waals surface area contributed by atoms with Gasteiger partial charge in [-0.2, -0.15) is 0 Å². The highest BCUT2D eigenvalue weighted by Crippen LogP contribution is 2.27. The number of benzene rings is 1. The van der Waals surface area contributed by atoms with E-state index in [4.69, 9.17) is 8.94 Å². The number of aryl methyl sites for hydroxylation is 1. The van der Waals surface area contributed by atoms with Crippen molar-refractivity contribution < 1.29 is 13.7 Å². The van der Waals surface area contributed by atoms with Crippen LogP contribution in [0.25, 0.3) is 11.5 Å². The van der Waals surface area contributed by atoms with Crippen LogP contribution in [0.3, 0.4) is 0 Å². The summed E-state index contributed by atoms with van der Waals surface area (Å²) in [5.74, 6) is 0.789. The lowest BCUT2D eigenvalue weighted by Crippen LogP contribution is -2.26. The summed E-state index contributed by atoms with van der Waals surface area (Å²) in [6, 6.07) is 12.9. The molecule has 5 heteroatoms. The molecule has 0 unspecified atom stereocenters. The highest BCUT2D eigenvalue weighted by Gasteiger charge is 2.26. The van der Waals surface area contributed by atoms with Crippen LogP contribution in [0.15, 0.2) is 57.7 Å². The molecule has 0 N–H and O–H groups in total. The molecule has 1 aromatic carbocycles. The first-order valence-corrected chi connectivity index (χ1v) is 6.51. The average molecular weight is 282 g/mol. The van der Waals surface area contributed by atoms with E-state index >= 15 is 0 Å². The molecule has 0 aliphatic rings. The molecule has 21 heavy (non-hydrogen) atoms. The number of aromatic nitrogens is 1. The Kier molecular flexibility index (Phi) is 3.31. The molecule has 106 valence electrons. The van der Waals surface area contributed by atoms with E-state index in [1.165, 1.54) is 6.26 Å². The van der Waals surface area contributed by atoms with Crippen LogP contribution in [-0.4, -0.2) is 18.1 Å². The molecule has 0 radical (unpaired) electrons. The van der Waals surface area contributed by atoms with E-state index in [1.54, 1.807) is 31.0 Å². The number of hydrogen-bond acceptors (Lipinski definition) is 4. The first kappa shape index (κ1) is 13.2. The van der Waals surface area contributed by atoms with Gasteiger partial charge in [-0.05, 0) is 31.2 Å². The minimum atomic E-state index is -0.189. The monoisotopic (exact) mass is 282 g/mol. The molecule has 2 heterocycles. The second-order valence-corrected chi connectivity index (χ2v) is 4.64. The molecule has 2 aromatic heterocycles. The summed E-state index contributed by atoms with van der Waals surface area (Å²) in [6.45, 7) is 1.71. The van der Waals surface area contributed by atoms with Crippen LogP contribution in [0.5, 0.6) is 0 Å². The van der Waals surface area contributed by atoms with E-state index < -0.39 is 0 Å². The van der Waals surface area contributed by atoms with Gasteiger partial charge in [-0.15, -0.1) is 0 Å². The third-order valence-corrected chi connectivity index (χ3v) is 3.28. The first-order chi connectivity index (χ1) is 10.2. The van der Waals surface area contributed by atoms with E-state index in [2.05, 4.69) is 5.16 Å². The van der Waals surface area contributed by atoms with Crippen molar-refractivity contribution in [3.05, 3.63) is 60.1 Å². The van der Waals surface area contributed by atoms with Crippen molar-refractivity contribution in [2.45, 2.75) is 6.92 Å². The summed E-state index contributed by atoms with van der Waals surface area (Å²) >= 11 is 0. The lowest BCUT2D eigenvalue weighted by atomic mass is 10.1. The summed E-state index contributed by atoms with van der Waals surface area (Å²) in [7, 11) is 1.72. The Morgan fingerprint density at radius 1 is 1.14 bits per heavy atom. The van der Waals surface area contributed by atoms with Gasteiger partial charge < -0.3 is 13.8 Å². The van der Waals surface area contributed by atoms with E-state index in [-0.39, 0.29) is 5.91 Å². The zero-order valence-corrected chi connectivity index (χ0v) is 11.7. The van der Waals surface area contributed by atoms with Gasteiger partial charge in [0.2, 0.25) is 0 Å². The second-order valence-electron chi connectivity index (χ2n) is 4.64. The largest absolute Gasteiger partial charge is 0.463 e. The Bertz CT molecular complexity index is 745. The Labute approximate surface area is 121 Å². The van der Waals surface area contributed by atoms with Crippen molar-refractivity contribution in [1.29, 1.82) is 0 Å². The van der Waals surface area contributed by atoms with Crippen molar-refractivity contribution in [2.75, 3.05) is 11.9 Å². The molecule has 3 aromatic rings. The normalized spacial score (nSPS) is 10.6. The number of furan rings is 1. The standard InChI is InChI=1S/C16H14N2O3/c1-11-14(15(17-21-11)13-9-6-10-20-13)16(19)18(2)12-7-4-3-5-8-12/h3-10H,1-2H3. The van der Waals surface area contributed by atoms with Gasteiger partial charge in [-0.1, -0.05) is 23.4 Å². The molecule has 1 amide bonds. The van der Waals surface area contributed by atoms with Crippen LogP contribution in [0.4, 0.5) is 5.69 Å². The van der Waals surface area contributed by atoms with Crippen molar-refractivity contribution in [2.24, 2.45) is 0 Å². The molecule has 3 rings (SSSR count). The number of hydrogen-bond donors (Lipinski definition) is 0. The highest BCUT2D eigenvalue weighted by atomic mass is 16.5. The van der Waals surface area contributed by atoms with Crippen LogP contribution in [0, 0.1) is 6.92 Å². The summed E-state index contributed by atoms with van der Waals surface area (Å²) < 4.78 is 10.5. The molecule has 0 saturated heterocycles. The Morgan fingerprint density at radius 2 is 1.90 bits per heavy atom. The first-order valence-electron chi connectivity index (χ1n) is 6.51. The van der Waals surface area contributed by atoms with E-state index in [0.29, 0.717) is 22.8 Å². The fourth-order valence-electron chi connectivity index (χ4n) is 2.14. The lowest BCUT2D eigenvalue weighted by Gasteiger charge is -2.16. The van der Waals surface area contributed by atoms with Crippen LogP contribution in [-0.2, 0) is 0 Å². The van der Waals surface area contributed by atoms with Gasteiger partial charge in [0.05, 0.1) is 6.26 Å². The minimum Gasteiger partial charge on any atom is -0.463 e. The molecule has 0 aliphatic heterocycles. The van der Waals surface area contributed by atoms with E-state index in [1.807, 2.05) is 30.3 Å². The number of carbonyl (C=O) groups is 1. The van der Waals surface area contributed by atoms with Gasteiger partial charge in [-0.3, -0.25) is 4.79 Å². The smallest absolute Gasteiger partial charge is 0.264 e. The topological polar surface area (TPSA) is 59.5 Å². The summed E-state index contributed by atoms with van der Waals surface area (Å²) in [6.07, 6.45) is 1.54. The van der Waals surface area contributed by atoms with Crippen molar-refractivity contribution in [3.63, 3.8) is 0 Å². The summed E-state index contributed by atoms with van der Waals surface area (Å²) in [5.41, 5.74) is 1.63. The predicted molar refractivity (Wildman–Crippen MR) is 78.1 cm³/mol. The zero-order valence-electron chi connectivity index (χ0n) is 11.7. The SMILES string of the molecule is Cc1onc(-c2ccco2)c1C(=O)N(C)c1ccccc1. The van der Waals surface area contributed by atoms with Gasteiger partial charge in [0, 0.05) is 12.7 Å². The second kappa shape index (κ2) is 5.28. The van der Waals surface area contributed by atoms with Crippen LogP contribution in [0.1, 0.15) is 16.1 Å². The number of anilines is 1. The zero-order chi connectivity index (χ0) is 14.8. The number of amides is 1. The van der Waals surface area contributed by atoms with Crippen molar-refractivity contribution in [3.8, 4) is 11.5 Å². The highest BCUT2D eigenvalue weighted by molar-refractivity contribution is 6.09. The Morgan fingerprint density at radius 3 is 2.57 bits per heavy atom. The molecule has 0 spiro atoms. The maximum atomic E-state index is 12.7. The van der Waals surface area contributed by atoms with Crippen LogP contribution >= 0.6 is 0 Å². The van der Waals surface area contributed by atoms with Crippen molar-refractivity contribution >= 4 is 11.6 Å². The number of carbonyl (C=O) groups excluding carboxylic acids is 1. The number of rotatable bonds is 3. The van der Waals surface area contributed by atoms with Crippen molar-refractivity contribution in [1.82, 2.24) is 5.16 Å². The van der Waals surface area contributed by atoms with Gasteiger partial charge >= 0.3 is 0 Å². The summed E-state index contributed by atoms with van der Waals surface area (Å²) in [5, 5.41) is 3.94. The molecular weight excluding hydrogens is 268 g/mol. The molecule has 0 fully saturated rings. The van der Waals surface area contributed by atoms with Gasteiger partial charge in [-0.25, -0.2) is 0 Å².